The van der Waals surface area contributed by atoms with Gasteiger partial charge in [-0.1, -0.05) is 0 Å². The monoisotopic (exact) mass is 589 g/mol. The highest BCUT2D eigenvalue weighted by molar-refractivity contribution is 7.89. The summed E-state index contributed by atoms with van der Waals surface area (Å²) < 4.78 is 120. The second kappa shape index (κ2) is 9.76. The van der Waals surface area contributed by atoms with E-state index >= 15 is 0 Å². The number of rotatable bonds is 6. The molecule has 3 aliphatic rings. The van der Waals surface area contributed by atoms with Gasteiger partial charge in [-0.15, -0.1) is 0 Å². The van der Waals surface area contributed by atoms with Crippen molar-refractivity contribution >= 4 is 15.9 Å². The number of carbonyl (C=O) groups excluding carboxylic acids is 1. The van der Waals surface area contributed by atoms with Crippen LogP contribution in [-0.2, 0) is 33.7 Å². The number of halogens is 7. The van der Waals surface area contributed by atoms with E-state index in [0.717, 1.165) is 53.2 Å². The van der Waals surface area contributed by atoms with Crippen LogP contribution in [0.5, 0.6) is 0 Å². The van der Waals surface area contributed by atoms with Crippen molar-refractivity contribution in [2.45, 2.75) is 48.7 Å². The van der Waals surface area contributed by atoms with Crippen molar-refractivity contribution in [2.75, 3.05) is 0 Å². The maximum Gasteiger partial charge on any atom is 0.451 e. The largest absolute Gasteiger partial charge is 0.451 e. The molecule has 2 bridgehead atoms. The van der Waals surface area contributed by atoms with Gasteiger partial charge >= 0.3 is 12.4 Å². The number of aromatic nitrogens is 3. The van der Waals surface area contributed by atoms with Crippen LogP contribution in [0.3, 0.4) is 0 Å². The van der Waals surface area contributed by atoms with Crippen LogP contribution in [0.25, 0.3) is 11.1 Å². The van der Waals surface area contributed by atoms with Crippen molar-refractivity contribution in [1.29, 1.82) is 0 Å². The minimum absolute atomic E-state index is 0.0328. The molecule has 2 saturated heterocycles. The Morgan fingerprint density at radius 2 is 1.52 bits per heavy atom. The zero-order chi connectivity index (χ0) is 29.0. The van der Waals surface area contributed by atoms with Crippen molar-refractivity contribution in [3.63, 3.8) is 0 Å². The Kier molecular flexibility index (Phi) is 6.81. The maximum absolute atomic E-state index is 13.7. The molecule has 212 valence electrons. The lowest BCUT2D eigenvalue weighted by Gasteiger charge is -2.25. The lowest BCUT2D eigenvalue weighted by Crippen LogP contribution is -2.46. The molecule has 1 amide bonds. The fourth-order valence-electron chi connectivity index (χ4n) is 4.90. The van der Waals surface area contributed by atoms with Gasteiger partial charge in [-0.2, -0.15) is 30.6 Å². The Balaban J connectivity index is 1.39. The molecule has 1 aromatic carbocycles. The van der Waals surface area contributed by atoms with Crippen molar-refractivity contribution in [1.82, 2.24) is 24.6 Å². The van der Waals surface area contributed by atoms with Crippen molar-refractivity contribution in [2.24, 2.45) is 5.92 Å². The highest BCUT2D eigenvalue weighted by Crippen LogP contribution is 2.48. The molecule has 2 aliphatic heterocycles. The first kappa shape index (κ1) is 27.9. The zero-order valence-electron chi connectivity index (χ0n) is 20.0. The van der Waals surface area contributed by atoms with Crippen LogP contribution < -0.4 is 5.32 Å². The Bertz CT molecular complexity index is 1540. The molecule has 3 aromatic rings. The lowest BCUT2D eigenvalue weighted by atomic mass is 9.83. The number of carbonyl (C=O) groups is 1. The minimum Gasteiger partial charge on any atom is -0.351 e. The molecule has 4 heterocycles. The Labute approximate surface area is 222 Å². The molecule has 8 nitrogen and oxygen atoms in total. The number of nitrogens with zero attached hydrogens (tertiary/aromatic N) is 4. The fraction of sp³-hybridized carbons (Fsp3) is 0.333. The molecule has 0 unspecified atom stereocenters. The maximum atomic E-state index is 13.7. The molecule has 16 heteroatoms. The van der Waals surface area contributed by atoms with Crippen molar-refractivity contribution in [3.05, 3.63) is 71.8 Å². The third-order valence-electron chi connectivity index (χ3n) is 6.81. The minimum atomic E-state index is -4.93. The molecular weight excluding hydrogens is 571 g/mol. The van der Waals surface area contributed by atoms with Gasteiger partial charge in [-0.3, -0.25) is 9.78 Å². The Morgan fingerprint density at radius 1 is 0.925 bits per heavy atom. The van der Waals surface area contributed by atoms with Gasteiger partial charge in [0.2, 0.25) is 21.8 Å². The van der Waals surface area contributed by atoms with Gasteiger partial charge in [-0.05, 0) is 49.1 Å². The SMILES string of the molecule is O=C(NCc1cc(-c2cnc(C(F)(F)F)nc2)cnc1C(F)(F)F)[C@@H]1C2CC(C2)N1S(=O)(=O)c1ccc(F)cc1. The summed E-state index contributed by atoms with van der Waals surface area (Å²) in [5.74, 6) is -3.26. The van der Waals surface area contributed by atoms with E-state index in [1.165, 1.54) is 0 Å². The van der Waals surface area contributed by atoms with Crippen molar-refractivity contribution in [3.8, 4) is 11.1 Å². The molecule has 2 aromatic heterocycles. The molecule has 1 saturated carbocycles. The molecule has 0 spiro atoms. The second-order valence-corrected chi connectivity index (χ2v) is 11.2. The zero-order valence-corrected chi connectivity index (χ0v) is 20.9. The number of hydrogen-bond acceptors (Lipinski definition) is 6. The average molecular weight is 589 g/mol. The number of amides is 1. The summed E-state index contributed by atoms with van der Waals surface area (Å²) in [5.41, 5.74) is -1.92. The highest BCUT2D eigenvalue weighted by Gasteiger charge is 2.58. The first-order chi connectivity index (χ1) is 18.7. The van der Waals surface area contributed by atoms with Crippen LogP contribution in [0.1, 0.15) is 29.9 Å². The third kappa shape index (κ3) is 5.12. The number of benzene rings is 1. The summed E-state index contributed by atoms with van der Waals surface area (Å²) >= 11 is 0. The molecule has 1 atom stereocenters. The number of pyridine rings is 1. The quantitative estimate of drug-likeness (QED) is 0.433. The third-order valence-corrected chi connectivity index (χ3v) is 8.76. The Hall–Kier alpha value is -3.66. The summed E-state index contributed by atoms with van der Waals surface area (Å²) in [6.45, 7) is -0.700. The molecule has 0 radical (unpaired) electrons. The van der Waals surface area contributed by atoms with Crippen molar-refractivity contribution < 1.29 is 43.9 Å². The van der Waals surface area contributed by atoms with Gasteiger partial charge in [0.1, 0.15) is 17.6 Å². The van der Waals surface area contributed by atoms with E-state index in [1.807, 2.05) is 0 Å². The van der Waals surface area contributed by atoms with Crippen LogP contribution in [-0.4, -0.2) is 45.7 Å². The standard InChI is InChI=1S/C24H18F7N5O3S/c25-16-1-3-18(4-2-16)40(38,39)36-17-6-12(7-17)19(36)21(37)33-9-14-5-13(8-32-20(14)23(26,27)28)15-10-34-22(35-11-15)24(29,30)31/h1-5,8,10-12,17,19H,6-7,9H2,(H,33,37)/t12?,17?,19-/m0/s1. The molecule has 1 N–H and O–H groups in total. The molecule has 6 rings (SSSR count). The van der Waals surface area contributed by atoms with E-state index in [-0.39, 0.29) is 21.9 Å². The fourth-order valence-corrected chi connectivity index (χ4v) is 6.76. The molecule has 1 aliphatic carbocycles. The average Bonchev–Trinajstić information content (AvgIpc) is 3.44. The number of fused-ring (bicyclic) bond motifs is 1. The summed E-state index contributed by atoms with van der Waals surface area (Å²) in [4.78, 5) is 22.7. The van der Waals surface area contributed by atoms with E-state index in [1.54, 1.807) is 0 Å². The number of alkyl halides is 6. The van der Waals surface area contributed by atoms with E-state index in [2.05, 4.69) is 20.3 Å². The number of sulfonamides is 1. The van der Waals surface area contributed by atoms with E-state index in [4.69, 9.17) is 0 Å². The summed E-state index contributed by atoms with van der Waals surface area (Å²) in [7, 11) is -4.21. The molecular formula is C24H18F7N5O3S. The summed E-state index contributed by atoms with van der Waals surface area (Å²) in [5, 5.41) is 2.36. The second-order valence-electron chi connectivity index (χ2n) is 9.36. The van der Waals surface area contributed by atoms with Gasteiger partial charge < -0.3 is 5.32 Å². The van der Waals surface area contributed by atoms with Gasteiger partial charge in [0.15, 0.2) is 0 Å². The molecule has 3 fully saturated rings. The first-order valence-electron chi connectivity index (χ1n) is 11.7. The van der Waals surface area contributed by atoms with Gasteiger partial charge in [0, 0.05) is 47.9 Å². The first-order valence-corrected chi connectivity index (χ1v) is 13.1. The van der Waals surface area contributed by atoms with E-state index < -0.39 is 69.8 Å². The van der Waals surface area contributed by atoms with E-state index in [0.29, 0.717) is 12.8 Å². The van der Waals surface area contributed by atoms with Crippen LogP contribution >= 0.6 is 0 Å². The van der Waals surface area contributed by atoms with Gasteiger partial charge in [0.25, 0.3) is 0 Å². The summed E-state index contributed by atoms with van der Waals surface area (Å²) in [6, 6.07) is 3.37. The topological polar surface area (TPSA) is 105 Å². The number of nitrogens with one attached hydrogen (secondary N) is 1. The van der Waals surface area contributed by atoms with Gasteiger partial charge in [0.05, 0.1) is 4.90 Å². The van der Waals surface area contributed by atoms with E-state index in [9.17, 15) is 43.9 Å². The van der Waals surface area contributed by atoms with Crippen LogP contribution in [0.4, 0.5) is 30.7 Å². The van der Waals surface area contributed by atoms with Crippen LogP contribution in [0.15, 0.2) is 53.8 Å². The smallest absolute Gasteiger partial charge is 0.351 e. The van der Waals surface area contributed by atoms with Crippen LogP contribution in [0, 0.1) is 11.7 Å². The Morgan fingerprint density at radius 3 is 2.10 bits per heavy atom. The predicted molar refractivity (Wildman–Crippen MR) is 123 cm³/mol. The normalized spacial score (nSPS) is 21.2. The number of hydrogen-bond donors (Lipinski definition) is 1. The summed E-state index contributed by atoms with van der Waals surface area (Å²) in [6.07, 6.45) is -6.61. The predicted octanol–water partition coefficient (Wildman–Crippen LogP) is 4.18. The van der Waals surface area contributed by atoms with Crippen LogP contribution in [0.2, 0.25) is 0 Å². The van der Waals surface area contributed by atoms with Gasteiger partial charge in [-0.25, -0.2) is 22.8 Å². The highest BCUT2D eigenvalue weighted by atomic mass is 32.2. The lowest BCUT2D eigenvalue weighted by molar-refractivity contribution is -0.145. The molecule has 40 heavy (non-hydrogen) atoms.